The topological polar surface area (TPSA) is 0 Å². The lowest BCUT2D eigenvalue weighted by atomic mass is 9.90. The number of hydrogen-bond acceptors (Lipinski definition) is 2. The highest BCUT2D eigenvalue weighted by molar-refractivity contribution is 7.29. The zero-order chi connectivity index (χ0) is 20.8. The molecule has 148 valence electrons. The molecule has 0 bridgehead atoms. The van der Waals surface area contributed by atoms with Crippen molar-refractivity contribution in [1.82, 2.24) is 0 Å². The van der Waals surface area contributed by atoms with Crippen LogP contribution in [-0.4, -0.2) is 0 Å². The molecule has 32 heavy (non-hydrogen) atoms. The lowest BCUT2D eigenvalue weighted by molar-refractivity contribution is 1.65. The van der Waals surface area contributed by atoms with Gasteiger partial charge in [0.15, 0.2) is 0 Å². The Kier molecular flexibility index (Phi) is 3.25. The smallest absolute Gasteiger partial charge is 0.0540 e. The van der Waals surface area contributed by atoms with Gasteiger partial charge in [-0.25, -0.2) is 0 Å². The molecule has 0 atom stereocenters. The van der Waals surface area contributed by atoms with E-state index in [1.807, 2.05) is 22.7 Å². The number of benzene rings is 4. The first-order valence-corrected chi connectivity index (χ1v) is 12.5. The minimum absolute atomic E-state index is 1.35. The molecule has 0 fully saturated rings. The third-order valence-corrected chi connectivity index (χ3v) is 9.34. The monoisotopic (exact) mass is 440 g/mol. The highest BCUT2D eigenvalue weighted by Crippen LogP contribution is 2.61. The van der Waals surface area contributed by atoms with Crippen LogP contribution in [0.25, 0.3) is 52.2 Å². The molecule has 2 aliphatic rings. The van der Waals surface area contributed by atoms with E-state index >= 15 is 0 Å². The van der Waals surface area contributed by atoms with Crippen molar-refractivity contribution in [3.8, 4) is 20.9 Å². The Morgan fingerprint density at radius 1 is 0.375 bits per heavy atom. The molecule has 0 saturated heterocycles. The number of hydrogen-bond donors (Lipinski definition) is 0. The summed E-state index contributed by atoms with van der Waals surface area (Å²) in [4.78, 5) is 2.87. The van der Waals surface area contributed by atoms with Crippen LogP contribution in [0, 0.1) is 0 Å². The van der Waals surface area contributed by atoms with Crippen LogP contribution in [-0.2, 0) is 0 Å². The SMILES string of the molecule is c1ccc2c(c1)C(=C1c3c(sc4ccccc34)-c3sc4ccccc4c31)c1ccccc1-2. The first-order valence-electron chi connectivity index (χ1n) is 10.9. The predicted molar refractivity (Wildman–Crippen MR) is 140 cm³/mol. The molecule has 2 heterocycles. The quantitative estimate of drug-likeness (QED) is 0.221. The van der Waals surface area contributed by atoms with Gasteiger partial charge in [0, 0.05) is 36.9 Å². The van der Waals surface area contributed by atoms with Gasteiger partial charge in [0.25, 0.3) is 0 Å². The van der Waals surface area contributed by atoms with E-state index in [2.05, 4.69) is 97.1 Å². The molecule has 0 nitrogen and oxygen atoms in total. The normalized spacial score (nSPS) is 13.5. The van der Waals surface area contributed by atoms with E-state index in [1.165, 1.54) is 74.5 Å². The van der Waals surface area contributed by atoms with Gasteiger partial charge in [0.1, 0.15) is 0 Å². The van der Waals surface area contributed by atoms with Crippen molar-refractivity contribution in [1.29, 1.82) is 0 Å². The van der Waals surface area contributed by atoms with E-state index in [0.29, 0.717) is 0 Å². The van der Waals surface area contributed by atoms with Crippen molar-refractivity contribution in [2.75, 3.05) is 0 Å². The largest absolute Gasteiger partial charge is 0.134 e. The zero-order valence-corrected chi connectivity index (χ0v) is 18.7. The molecule has 2 aliphatic carbocycles. The summed E-state index contributed by atoms with van der Waals surface area (Å²) in [5, 5.41) is 2.76. The number of rotatable bonds is 0. The molecule has 0 spiro atoms. The van der Waals surface area contributed by atoms with Crippen molar-refractivity contribution in [2.24, 2.45) is 0 Å². The van der Waals surface area contributed by atoms with Crippen molar-refractivity contribution < 1.29 is 0 Å². The molecule has 8 rings (SSSR count). The van der Waals surface area contributed by atoms with Gasteiger partial charge in [0.05, 0.1) is 9.75 Å². The van der Waals surface area contributed by atoms with E-state index in [4.69, 9.17) is 0 Å². The second-order valence-electron chi connectivity index (χ2n) is 8.45. The average Bonchev–Trinajstić information content (AvgIpc) is 3.56. The molecule has 0 N–H and O–H groups in total. The summed E-state index contributed by atoms with van der Waals surface area (Å²) < 4.78 is 2.75. The van der Waals surface area contributed by atoms with Gasteiger partial charge in [-0.3, -0.25) is 0 Å². The maximum atomic E-state index is 2.30. The molecule has 4 aromatic carbocycles. The van der Waals surface area contributed by atoms with Crippen LogP contribution >= 0.6 is 22.7 Å². The molecule has 0 amide bonds. The summed E-state index contributed by atoms with van der Waals surface area (Å²) in [7, 11) is 0. The van der Waals surface area contributed by atoms with Crippen LogP contribution in [0.15, 0.2) is 97.1 Å². The molecular weight excluding hydrogens is 424 g/mol. The van der Waals surface area contributed by atoms with Gasteiger partial charge in [0.2, 0.25) is 0 Å². The summed E-state index contributed by atoms with van der Waals surface area (Å²) in [5.41, 5.74) is 11.1. The van der Waals surface area contributed by atoms with Crippen molar-refractivity contribution in [3.63, 3.8) is 0 Å². The Balaban J connectivity index is 1.64. The Morgan fingerprint density at radius 2 is 0.781 bits per heavy atom. The van der Waals surface area contributed by atoms with Crippen LogP contribution in [0.5, 0.6) is 0 Å². The molecule has 0 saturated carbocycles. The third-order valence-electron chi connectivity index (χ3n) is 6.83. The van der Waals surface area contributed by atoms with E-state index < -0.39 is 0 Å². The van der Waals surface area contributed by atoms with Crippen molar-refractivity contribution >= 4 is 54.0 Å². The molecule has 0 unspecified atom stereocenters. The number of thiophene rings is 2. The van der Waals surface area contributed by atoms with Crippen LogP contribution < -0.4 is 0 Å². The lowest BCUT2D eigenvalue weighted by Crippen LogP contribution is -1.90. The van der Waals surface area contributed by atoms with E-state index in [-0.39, 0.29) is 0 Å². The maximum absolute atomic E-state index is 2.30. The van der Waals surface area contributed by atoms with Gasteiger partial charge in [-0.1, -0.05) is 84.9 Å². The Morgan fingerprint density at radius 3 is 1.28 bits per heavy atom. The molecule has 0 radical (unpaired) electrons. The minimum atomic E-state index is 1.35. The maximum Gasteiger partial charge on any atom is 0.0540 e. The first-order chi connectivity index (χ1) is 15.9. The van der Waals surface area contributed by atoms with E-state index in [0.717, 1.165) is 0 Å². The summed E-state index contributed by atoms with van der Waals surface area (Å²) >= 11 is 3.89. The Labute approximate surface area is 193 Å². The van der Waals surface area contributed by atoms with Crippen LogP contribution in [0.4, 0.5) is 0 Å². The number of fused-ring (bicyclic) bond motifs is 10. The van der Waals surface area contributed by atoms with Gasteiger partial charge in [-0.15, -0.1) is 22.7 Å². The predicted octanol–water partition coefficient (Wildman–Crippen LogP) is 9.08. The van der Waals surface area contributed by atoms with E-state index in [1.54, 1.807) is 0 Å². The van der Waals surface area contributed by atoms with Crippen LogP contribution in [0.2, 0.25) is 0 Å². The second-order valence-corrected chi connectivity index (χ2v) is 10.6. The molecule has 0 aliphatic heterocycles. The lowest BCUT2D eigenvalue weighted by Gasteiger charge is -2.11. The van der Waals surface area contributed by atoms with Gasteiger partial charge >= 0.3 is 0 Å². The molecule has 2 aromatic heterocycles. The van der Waals surface area contributed by atoms with Crippen LogP contribution in [0.3, 0.4) is 0 Å². The highest BCUT2D eigenvalue weighted by atomic mass is 32.1. The highest BCUT2D eigenvalue weighted by Gasteiger charge is 2.36. The zero-order valence-electron chi connectivity index (χ0n) is 17.1. The second kappa shape index (κ2) is 6.07. The average molecular weight is 441 g/mol. The standard InChI is InChI=1S/C30H16S2/c1-3-11-19-17(9-1)18-10-2-4-12-20(18)25(19)28-26-21-13-5-7-15-23(21)31-29(26)30-27(28)22-14-6-8-16-24(22)32-30/h1-16H. The first kappa shape index (κ1) is 17.1. The third kappa shape index (κ3) is 2.02. The van der Waals surface area contributed by atoms with Crippen molar-refractivity contribution in [3.05, 3.63) is 119 Å². The molecule has 2 heteroatoms. The molecular formula is C30H16S2. The van der Waals surface area contributed by atoms with Gasteiger partial charge < -0.3 is 0 Å². The van der Waals surface area contributed by atoms with Gasteiger partial charge in [-0.2, -0.15) is 0 Å². The Bertz CT molecular complexity index is 1640. The fourth-order valence-corrected chi connectivity index (χ4v) is 8.13. The minimum Gasteiger partial charge on any atom is -0.134 e. The van der Waals surface area contributed by atoms with E-state index in [9.17, 15) is 0 Å². The van der Waals surface area contributed by atoms with Gasteiger partial charge in [-0.05, 0) is 40.0 Å². The summed E-state index contributed by atoms with van der Waals surface area (Å²) in [6.07, 6.45) is 0. The summed E-state index contributed by atoms with van der Waals surface area (Å²) in [6, 6.07) is 35.7. The van der Waals surface area contributed by atoms with Crippen molar-refractivity contribution in [2.45, 2.75) is 0 Å². The Hall–Kier alpha value is -3.46. The fraction of sp³-hybridized carbons (Fsp3) is 0. The molecule has 6 aromatic rings. The van der Waals surface area contributed by atoms with Crippen LogP contribution in [0.1, 0.15) is 22.3 Å². The summed E-state index contributed by atoms with van der Waals surface area (Å²) in [6.45, 7) is 0. The summed E-state index contributed by atoms with van der Waals surface area (Å²) in [5.74, 6) is 0. The fourth-order valence-electron chi connectivity index (χ4n) is 5.57.